The van der Waals surface area contributed by atoms with Gasteiger partial charge in [0.1, 0.15) is 5.82 Å². The fourth-order valence-corrected chi connectivity index (χ4v) is 2.84. The Labute approximate surface area is 140 Å². The Morgan fingerprint density at radius 2 is 2.08 bits per heavy atom. The van der Waals surface area contributed by atoms with Crippen molar-refractivity contribution in [3.8, 4) is 0 Å². The fourth-order valence-electron chi connectivity index (χ4n) is 2.84. The number of hydrogen-bond acceptors (Lipinski definition) is 3. The quantitative estimate of drug-likeness (QED) is 0.685. The van der Waals surface area contributed by atoms with E-state index in [1.165, 1.54) is 11.0 Å². The number of rotatable bonds is 4. The second kappa shape index (κ2) is 5.60. The lowest BCUT2D eigenvalue weighted by molar-refractivity contribution is -0.113. The molecule has 4 rings (SSSR count). The number of pyridine rings is 1. The Morgan fingerprint density at radius 3 is 2.75 bits per heavy atom. The van der Waals surface area contributed by atoms with Crippen molar-refractivity contribution in [1.29, 1.82) is 0 Å². The number of fused-ring (bicyclic) bond motifs is 1. The van der Waals surface area contributed by atoms with Gasteiger partial charge in [0, 0.05) is 11.6 Å². The molecule has 24 heavy (non-hydrogen) atoms. The molecule has 5 nitrogen and oxygen atoms in total. The first-order valence-electron chi connectivity index (χ1n) is 8.05. The van der Waals surface area contributed by atoms with Crippen LogP contribution in [0.4, 0.5) is 11.6 Å². The molecule has 0 radical (unpaired) electrons. The van der Waals surface area contributed by atoms with Crippen LogP contribution in [-0.2, 0) is 4.79 Å². The van der Waals surface area contributed by atoms with Gasteiger partial charge < -0.3 is 0 Å². The van der Waals surface area contributed by atoms with Gasteiger partial charge in [0.2, 0.25) is 0 Å². The first kappa shape index (κ1) is 14.6. The molecule has 1 aliphatic rings. The third-order valence-electron chi connectivity index (χ3n) is 4.22. The summed E-state index contributed by atoms with van der Waals surface area (Å²) in [6.45, 7) is 5.60. The summed E-state index contributed by atoms with van der Waals surface area (Å²) >= 11 is 0. The first-order chi connectivity index (χ1) is 11.7. The van der Waals surface area contributed by atoms with Gasteiger partial charge in [-0.15, -0.1) is 0 Å². The molecule has 0 N–H and O–H groups in total. The Morgan fingerprint density at radius 1 is 1.29 bits per heavy atom. The van der Waals surface area contributed by atoms with Crippen molar-refractivity contribution in [1.82, 2.24) is 14.8 Å². The van der Waals surface area contributed by atoms with E-state index in [4.69, 9.17) is 5.10 Å². The maximum atomic E-state index is 12.6. The third kappa shape index (κ3) is 2.38. The molecule has 120 valence electrons. The van der Waals surface area contributed by atoms with E-state index in [0.717, 1.165) is 29.3 Å². The maximum Gasteiger partial charge on any atom is 0.257 e. The molecule has 1 fully saturated rings. The number of para-hydroxylation sites is 1. The van der Waals surface area contributed by atoms with E-state index in [-0.39, 0.29) is 5.91 Å². The number of aryl methyl sites for hydroxylation is 1. The van der Waals surface area contributed by atoms with Crippen molar-refractivity contribution in [2.45, 2.75) is 25.8 Å². The summed E-state index contributed by atoms with van der Waals surface area (Å²) in [7, 11) is 0. The van der Waals surface area contributed by atoms with E-state index in [1.54, 1.807) is 6.20 Å². The van der Waals surface area contributed by atoms with Crippen LogP contribution in [0, 0.1) is 6.92 Å². The zero-order valence-electron chi connectivity index (χ0n) is 13.5. The zero-order chi connectivity index (χ0) is 16.7. The molecule has 0 spiro atoms. The van der Waals surface area contributed by atoms with Crippen molar-refractivity contribution in [2.24, 2.45) is 0 Å². The largest absolute Gasteiger partial charge is 0.269 e. The van der Waals surface area contributed by atoms with Crippen molar-refractivity contribution >= 4 is 28.4 Å². The number of aromatic nitrogens is 3. The minimum Gasteiger partial charge on any atom is -0.269 e. The van der Waals surface area contributed by atoms with Crippen molar-refractivity contribution in [3.05, 3.63) is 60.8 Å². The number of hydrogen-bond donors (Lipinski definition) is 0. The Bertz CT molecular complexity index is 922. The van der Waals surface area contributed by atoms with E-state index < -0.39 is 0 Å². The second-order valence-electron chi connectivity index (χ2n) is 6.09. The highest BCUT2D eigenvalue weighted by Gasteiger charge is 2.30. The average molecular weight is 318 g/mol. The number of amides is 1. The van der Waals surface area contributed by atoms with E-state index in [0.29, 0.717) is 17.7 Å². The van der Waals surface area contributed by atoms with Crippen molar-refractivity contribution in [3.63, 3.8) is 0 Å². The summed E-state index contributed by atoms with van der Waals surface area (Å²) in [5.41, 5.74) is 2.09. The number of benzene rings is 1. The molecular weight excluding hydrogens is 300 g/mol. The van der Waals surface area contributed by atoms with Crippen LogP contribution in [0.2, 0.25) is 0 Å². The maximum absolute atomic E-state index is 12.6. The van der Waals surface area contributed by atoms with Gasteiger partial charge in [-0.2, -0.15) is 5.10 Å². The van der Waals surface area contributed by atoms with Crippen LogP contribution in [0.5, 0.6) is 0 Å². The minimum atomic E-state index is -0.238. The molecule has 0 aliphatic heterocycles. The Hall–Kier alpha value is -2.95. The molecule has 3 aromatic rings. The molecule has 0 unspecified atom stereocenters. The van der Waals surface area contributed by atoms with Gasteiger partial charge in [0.25, 0.3) is 5.91 Å². The van der Waals surface area contributed by atoms with Crippen LogP contribution in [0.15, 0.2) is 55.3 Å². The van der Waals surface area contributed by atoms with Crippen LogP contribution >= 0.6 is 0 Å². The van der Waals surface area contributed by atoms with Gasteiger partial charge in [-0.25, -0.2) is 9.88 Å². The molecule has 1 aliphatic carbocycles. The summed E-state index contributed by atoms with van der Waals surface area (Å²) in [4.78, 5) is 18.5. The summed E-state index contributed by atoms with van der Waals surface area (Å²) in [6, 6.07) is 12.2. The van der Waals surface area contributed by atoms with Crippen LogP contribution in [0.1, 0.15) is 24.4 Å². The number of carbonyl (C=O) groups is 1. The predicted molar refractivity (Wildman–Crippen MR) is 94.3 cm³/mol. The molecule has 2 aromatic heterocycles. The fraction of sp³-hybridized carbons (Fsp3) is 0.211. The summed E-state index contributed by atoms with van der Waals surface area (Å²) < 4.78 is 2.03. The van der Waals surface area contributed by atoms with Crippen LogP contribution in [-0.4, -0.2) is 20.7 Å². The molecule has 0 bridgehead atoms. The predicted octanol–water partition coefficient (Wildman–Crippen LogP) is 3.93. The van der Waals surface area contributed by atoms with Gasteiger partial charge in [-0.05, 0) is 49.6 Å². The topological polar surface area (TPSA) is 51.0 Å². The Kier molecular flexibility index (Phi) is 3.41. The van der Waals surface area contributed by atoms with Gasteiger partial charge >= 0.3 is 0 Å². The van der Waals surface area contributed by atoms with Crippen LogP contribution in [0.25, 0.3) is 10.9 Å². The van der Waals surface area contributed by atoms with Crippen LogP contribution < -0.4 is 4.90 Å². The molecule has 0 atom stereocenters. The normalized spacial score (nSPS) is 13.9. The molecule has 1 saturated carbocycles. The molecule has 5 heteroatoms. The highest BCUT2D eigenvalue weighted by Crippen LogP contribution is 2.40. The molecule has 2 heterocycles. The SMILES string of the molecule is C=CC(=O)N(c1ccc(C)cn1)c1nn(C2CC2)c2ccccc12. The van der Waals surface area contributed by atoms with E-state index in [9.17, 15) is 4.79 Å². The summed E-state index contributed by atoms with van der Waals surface area (Å²) in [5, 5.41) is 5.70. The second-order valence-corrected chi connectivity index (χ2v) is 6.09. The van der Waals surface area contributed by atoms with Crippen molar-refractivity contribution < 1.29 is 4.79 Å². The Balaban J connectivity index is 1.92. The number of carbonyl (C=O) groups excluding carboxylic acids is 1. The summed E-state index contributed by atoms with van der Waals surface area (Å²) in [5.74, 6) is 0.924. The molecule has 1 amide bonds. The number of anilines is 2. The van der Waals surface area contributed by atoms with Crippen molar-refractivity contribution in [2.75, 3.05) is 4.90 Å². The smallest absolute Gasteiger partial charge is 0.257 e. The average Bonchev–Trinajstić information content (AvgIpc) is 3.39. The van der Waals surface area contributed by atoms with E-state index in [1.807, 2.05) is 48.0 Å². The molecule has 0 saturated heterocycles. The highest BCUT2D eigenvalue weighted by atomic mass is 16.2. The lowest BCUT2D eigenvalue weighted by Gasteiger charge is -2.18. The van der Waals surface area contributed by atoms with E-state index in [2.05, 4.69) is 11.6 Å². The number of nitrogens with zero attached hydrogens (tertiary/aromatic N) is 4. The lowest BCUT2D eigenvalue weighted by Crippen LogP contribution is -2.25. The van der Waals surface area contributed by atoms with Gasteiger partial charge in [-0.3, -0.25) is 9.48 Å². The van der Waals surface area contributed by atoms with Gasteiger partial charge in [0.05, 0.1) is 11.6 Å². The monoisotopic (exact) mass is 318 g/mol. The molecule has 1 aromatic carbocycles. The minimum absolute atomic E-state index is 0.238. The zero-order valence-corrected chi connectivity index (χ0v) is 13.5. The first-order valence-corrected chi connectivity index (χ1v) is 8.05. The lowest BCUT2D eigenvalue weighted by atomic mass is 10.2. The van der Waals surface area contributed by atoms with E-state index >= 15 is 0 Å². The van der Waals surface area contributed by atoms with Crippen LogP contribution in [0.3, 0.4) is 0 Å². The summed E-state index contributed by atoms with van der Waals surface area (Å²) in [6.07, 6.45) is 5.30. The molecular formula is C19H18N4O. The van der Waals surface area contributed by atoms with Gasteiger partial charge in [0.15, 0.2) is 5.82 Å². The standard InChI is InChI=1S/C19H18N4O/c1-3-18(24)22(17-11-8-13(2)12-20-17)19-15-6-4-5-7-16(15)23(21-19)14-9-10-14/h3-8,11-12,14H,1,9-10H2,2H3. The third-order valence-corrected chi connectivity index (χ3v) is 4.22. The highest BCUT2D eigenvalue weighted by molar-refractivity contribution is 6.10. The van der Waals surface area contributed by atoms with Gasteiger partial charge in [-0.1, -0.05) is 24.8 Å².